The number of hydrogen-bond acceptors (Lipinski definition) is 6. The van der Waals surface area contributed by atoms with Gasteiger partial charge < -0.3 is 10.0 Å². The van der Waals surface area contributed by atoms with Crippen LogP contribution in [0.15, 0.2) is 42.9 Å². The summed E-state index contributed by atoms with van der Waals surface area (Å²) in [6.45, 7) is 3.49. The molecule has 1 saturated heterocycles. The molecule has 1 aliphatic heterocycles. The van der Waals surface area contributed by atoms with Crippen LogP contribution in [0, 0.1) is 11.3 Å². The number of nitrogens with zero attached hydrogens (tertiary/aromatic N) is 5. The number of aliphatic hydroxyl groups excluding tert-OH is 1. The van der Waals surface area contributed by atoms with Gasteiger partial charge in [-0.2, -0.15) is 5.26 Å². The normalized spacial score (nSPS) is 19.1. The maximum Gasteiger partial charge on any atom is 0.147 e. The molecule has 6 heteroatoms. The maximum atomic E-state index is 10.3. The Bertz CT molecular complexity index is 685. The quantitative estimate of drug-likeness (QED) is 0.912. The lowest BCUT2D eigenvalue weighted by Gasteiger charge is -2.22. The highest BCUT2D eigenvalue weighted by Crippen LogP contribution is 2.14. The van der Waals surface area contributed by atoms with E-state index in [4.69, 9.17) is 5.26 Å². The third-order valence-corrected chi connectivity index (χ3v) is 3.92. The molecule has 1 aliphatic rings. The molecule has 118 valence electrons. The van der Waals surface area contributed by atoms with Crippen molar-refractivity contribution in [3.05, 3.63) is 54.0 Å². The third-order valence-electron chi connectivity index (χ3n) is 3.92. The van der Waals surface area contributed by atoms with Gasteiger partial charge in [0.1, 0.15) is 5.82 Å². The summed E-state index contributed by atoms with van der Waals surface area (Å²) in [7, 11) is 0. The van der Waals surface area contributed by atoms with E-state index in [-0.39, 0.29) is 0 Å². The Hall–Kier alpha value is -2.49. The van der Waals surface area contributed by atoms with Crippen molar-refractivity contribution in [2.45, 2.75) is 12.6 Å². The van der Waals surface area contributed by atoms with E-state index in [0.29, 0.717) is 18.7 Å². The first-order valence-electron chi connectivity index (χ1n) is 7.65. The second-order valence-corrected chi connectivity index (χ2v) is 5.71. The molecule has 2 aromatic rings. The summed E-state index contributed by atoms with van der Waals surface area (Å²) in [5.41, 5.74) is 1.75. The number of benzene rings is 1. The number of β-amino-alcohol motifs (C(OH)–C–C–N with tert-alkyl or cyclic N) is 1. The average molecular weight is 309 g/mol. The van der Waals surface area contributed by atoms with Crippen LogP contribution in [0.1, 0.15) is 11.1 Å². The Labute approximate surface area is 135 Å². The predicted octanol–water partition coefficient (Wildman–Crippen LogP) is 1.03. The summed E-state index contributed by atoms with van der Waals surface area (Å²) in [6.07, 6.45) is 4.58. The summed E-state index contributed by atoms with van der Waals surface area (Å²) < 4.78 is 0. The van der Waals surface area contributed by atoms with Gasteiger partial charge in [-0.3, -0.25) is 9.88 Å². The Morgan fingerprint density at radius 1 is 1.26 bits per heavy atom. The number of aromatic nitrogens is 2. The molecule has 3 rings (SSSR count). The van der Waals surface area contributed by atoms with Crippen LogP contribution in [0.4, 0.5) is 5.82 Å². The van der Waals surface area contributed by atoms with E-state index in [1.165, 1.54) is 0 Å². The summed E-state index contributed by atoms with van der Waals surface area (Å²) in [5, 5.41) is 19.3. The van der Waals surface area contributed by atoms with Crippen molar-refractivity contribution in [3.8, 4) is 6.07 Å². The average Bonchev–Trinajstić information content (AvgIpc) is 2.77. The van der Waals surface area contributed by atoms with Crippen LogP contribution < -0.4 is 4.90 Å². The van der Waals surface area contributed by atoms with Crippen LogP contribution in [0.3, 0.4) is 0 Å². The topological polar surface area (TPSA) is 76.3 Å². The SMILES string of the molecule is N#Cc1cccc(CN2CCN(c3cnccn3)C[C@H](O)C2)c1. The molecule has 0 spiro atoms. The van der Waals surface area contributed by atoms with Gasteiger partial charge in [0.25, 0.3) is 0 Å². The Morgan fingerprint density at radius 2 is 2.17 bits per heavy atom. The van der Waals surface area contributed by atoms with Gasteiger partial charge in [-0.15, -0.1) is 0 Å². The van der Waals surface area contributed by atoms with Crippen LogP contribution in [0.2, 0.25) is 0 Å². The summed E-state index contributed by atoms with van der Waals surface area (Å²) in [5.74, 6) is 0.792. The van der Waals surface area contributed by atoms with Gasteiger partial charge >= 0.3 is 0 Å². The van der Waals surface area contributed by atoms with E-state index >= 15 is 0 Å². The van der Waals surface area contributed by atoms with E-state index in [2.05, 4.69) is 25.8 Å². The first-order chi connectivity index (χ1) is 11.2. The van der Waals surface area contributed by atoms with Crippen molar-refractivity contribution >= 4 is 5.82 Å². The maximum absolute atomic E-state index is 10.3. The standard InChI is InChI=1S/C17H19N5O/c18-9-14-2-1-3-15(8-14)11-21-6-7-22(13-16(23)12-21)17-10-19-4-5-20-17/h1-5,8,10,16,23H,6-7,11-13H2/t16-/m1/s1. The van der Waals surface area contributed by atoms with Gasteiger partial charge in [0, 0.05) is 45.1 Å². The van der Waals surface area contributed by atoms with Crippen molar-refractivity contribution in [2.24, 2.45) is 0 Å². The Balaban J connectivity index is 1.67. The molecular formula is C17H19N5O. The fourth-order valence-electron chi connectivity index (χ4n) is 2.86. The van der Waals surface area contributed by atoms with E-state index in [1.807, 2.05) is 18.2 Å². The van der Waals surface area contributed by atoms with Crippen molar-refractivity contribution < 1.29 is 5.11 Å². The van der Waals surface area contributed by atoms with Crippen molar-refractivity contribution in [3.63, 3.8) is 0 Å². The van der Waals surface area contributed by atoms with Gasteiger partial charge in [0.05, 0.1) is 23.9 Å². The fraction of sp³-hybridized carbons (Fsp3) is 0.353. The molecule has 6 nitrogen and oxygen atoms in total. The van der Waals surface area contributed by atoms with E-state index in [9.17, 15) is 5.11 Å². The molecule has 0 aliphatic carbocycles. The molecule has 1 atom stereocenters. The lowest BCUT2D eigenvalue weighted by molar-refractivity contribution is 0.129. The predicted molar refractivity (Wildman–Crippen MR) is 86.7 cm³/mol. The molecule has 0 radical (unpaired) electrons. The molecular weight excluding hydrogens is 290 g/mol. The second kappa shape index (κ2) is 7.18. The van der Waals surface area contributed by atoms with Gasteiger partial charge in [-0.05, 0) is 17.7 Å². The monoisotopic (exact) mass is 309 g/mol. The van der Waals surface area contributed by atoms with Crippen LogP contribution in [0.25, 0.3) is 0 Å². The van der Waals surface area contributed by atoms with Gasteiger partial charge in [0.15, 0.2) is 0 Å². The zero-order valence-electron chi connectivity index (χ0n) is 12.8. The molecule has 0 bridgehead atoms. The highest BCUT2D eigenvalue weighted by Gasteiger charge is 2.22. The van der Waals surface area contributed by atoms with E-state index in [1.54, 1.807) is 24.7 Å². The van der Waals surface area contributed by atoms with E-state index < -0.39 is 6.10 Å². The van der Waals surface area contributed by atoms with Crippen LogP contribution in [-0.2, 0) is 6.54 Å². The van der Waals surface area contributed by atoms with Crippen LogP contribution in [-0.4, -0.2) is 52.3 Å². The minimum atomic E-state index is -0.446. The first-order valence-corrected chi connectivity index (χ1v) is 7.65. The summed E-state index contributed by atoms with van der Waals surface area (Å²) in [6, 6.07) is 9.77. The summed E-state index contributed by atoms with van der Waals surface area (Å²) in [4.78, 5) is 12.7. The first kappa shape index (κ1) is 15.4. The molecule has 2 heterocycles. The van der Waals surface area contributed by atoms with Gasteiger partial charge in [0.2, 0.25) is 0 Å². The molecule has 0 saturated carbocycles. The highest BCUT2D eigenvalue weighted by molar-refractivity contribution is 5.36. The fourth-order valence-corrected chi connectivity index (χ4v) is 2.86. The number of aliphatic hydroxyl groups is 1. The number of anilines is 1. The minimum Gasteiger partial charge on any atom is -0.390 e. The zero-order valence-corrected chi connectivity index (χ0v) is 12.8. The molecule has 1 N–H and O–H groups in total. The summed E-state index contributed by atoms with van der Waals surface area (Å²) >= 11 is 0. The largest absolute Gasteiger partial charge is 0.390 e. The molecule has 1 fully saturated rings. The Kier molecular flexibility index (Phi) is 4.81. The zero-order chi connectivity index (χ0) is 16.1. The molecule has 0 amide bonds. The lowest BCUT2D eigenvalue weighted by Crippen LogP contribution is -2.33. The van der Waals surface area contributed by atoms with Crippen LogP contribution >= 0.6 is 0 Å². The molecule has 23 heavy (non-hydrogen) atoms. The number of nitriles is 1. The van der Waals surface area contributed by atoms with Gasteiger partial charge in [-0.1, -0.05) is 12.1 Å². The lowest BCUT2D eigenvalue weighted by atomic mass is 10.1. The second-order valence-electron chi connectivity index (χ2n) is 5.71. The van der Waals surface area contributed by atoms with Gasteiger partial charge in [-0.25, -0.2) is 4.98 Å². The third kappa shape index (κ3) is 4.03. The smallest absolute Gasteiger partial charge is 0.147 e. The molecule has 1 aromatic heterocycles. The van der Waals surface area contributed by atoms with E-state index in [0.717, 1.165) is 31.0 Å². The van der Waals surface area contributed by atoms with Crippen molar-refractivity contribution in [2.75, 3.05) is 31.1 Å². The minimum absolute atomic E-state index is 0.446. The molecule has 0 unspecified atom stereocenters. The van der Waals surface area contributed by atoms with Crippen LogP contribution in [0.5, 0.6) is 0 Å². The van der Waals surface area contributed by atoms with Crippen molar-refractivity contribution in [1.29, 1.82) is 5.26 Å². The number of hydrogen-bond donors (Lipinski definition) is 1. The van der Waals surface area contributed by atoms with Crippen molar-refractivity contribution in [1.82, 2.24) is 14.9 Å². The number of rotatable bonds is 3. The Morgan fingerprint density at radius 3 is 2.96 bits per heavy atom. The molecule has 1 aromatic carbocycles. The highest BCUT2D eigenvalue weighted by atomic mass is 16.3.